The van der Waals surface area contributed by atoms with Crippen molar-refractivity contribution in [2.45, 2.75) is 60.5 Å². The molecule has 0 unspecified atom stereocenters. The van der Waals surface area contributed by atoms with E-state index in [0.717, 1.165) is 0 Å². The van der Waals surface area contributed by atoms with Crippen molar-refractivity contribution in [1.82, 2.24) is 10.2 Å². The molecular formula is C24H36N2O4. The molecule has 166 valence electrons. The first-order valence-corrected chi connectivity index (χ1v) is 10.4. The topological polar surface area (TPSA) is 75.7 Å². The highest BCUT2D eigenvalue weighted by molar-refractivity contribution is 5.97. The van der Waals surface area contributed by atoms with Gasteiger partial charge in [0.1, 0.15) is 6.04 Å². The van der Waals surface area contributed by atoms with Crippen LogP contribution >= 0.6 is 0 Å². The molecular weight excluding hydrogens is 380 g/mol. The van der Waals surface area contributed by atoms with Crippen LogP contribution in [0.25, 0.3) is 0 Å². The highest BCUT2D eigenvalue weighted by atomic mass is 16.5. The van der Waals surface area contributed by atoms with Crippen molar-refractivity contribution in [1.29, 1.82) is 0 Å². The molecule has 0 aromatic heterocycles. The molecule has 1 aromatic rings. The summed E-state index contributed by atoms with van der Waals surface area (Å²) in [6.07, 6.45) is 1.76. The summed E-state index contributed by atoms with van der Waals surface area (Å²) in [5.41, 5.74) is 0.452. The maximum atomic E-state index is 13.4. The summed E-state index contributed by atoms with van der Waals surface area (Å²) in [4.78, 5) is 39.8. The second kappa shape index (κ2) is 11.0. The smallest absolute Gasteiger partial charge is 0.333 e. The Balaban J connectivity index is 3.15. The van der Waals surface area contributed by atoms with Crippen molar-refractivity contribution in [2.75, 3.05) is 13.7 Å². The molecule has 30 heavy (non-hydrogen) atoms. The molecule has 6 nitrogen and oxygen atoms in total. The van der Waals surface area contributed by atoms with E-state index in [1.54, 1.807) is 56.1 Å². The number of carbonyl (C=O) groups is 3. The minimum atomic E-state index is -0.729. The summed E-state index contributed by atoms with van der Waals surface area (Å²) in [6, 6.07) is 7.78. The van der Waals surface area contributed by atoms with E-state index in [9.17, 15) is 14.4 Å². The van der Waals surface area contributed by atoms with Crippen molar-refractivity contribution in [3.05, 3.63) is 47.5 Å². The van der Waals surface area contributed by atoms with Crippen molar-refractivity contribution in [2.24, 2.45) is 11.3 Å². The minimum Gasteiger partial charge on any atom is -0.463 e. The third-order valence-corrected chi connectivity index (χ3v) is 4.92. The number of nitrogens with zero attached hydrogens (tertiary/aromatic N) is 1. The molecule has 2 atom stereocenters. The fraction of sp³-hybridized carbons (Fsp3) is 0.542. The van der Waals surface area contributed by atoms with E-state index in [1.165, 1.54) is 0 Å². The molecule has 0 spiro atoms. The fourth-order valence-corrected chi connectivity index (χ4v) is 3.12. The summed E-state index contributed by atoms with van der Waals surface area (Å²) in [5, 5.41) is 2.90. The number of hydrogen-bond donors (Lipinski definition) is 1. The monoisotopic (exact) mass is 416 g/mol. The van der Waals surface area contributed by atoms with Gasteiger partial charge in [-0.05, 0) is 37.3 Å². The van der Waals surface area contributed by atoms with Crippen molar-refractivity contribution >= 4 is 17.8 Å². The van der Waals surface area contributed by atoms with Gasteiger partial charge in [0.25, 0.3) is 5.91 Å². The molecule has 0 aliphatic heterocycles. The number of ether oxygens (including phenoxy) is 1. The lowest BCUT2D eigenvalue weighted by Gasteiger charge is -2.37. The van der Waals surface area contributed by atoms with E-state index in [-0.39, 0.29) is 23.8 Å². The highest BCUT2D eigenvalue weighted by Crippen LogP contribution is 2.24. The Morgan fingerprint density at radius 1 is 1.13 bits per heavy atom. The zero-order valence-corrected chi connectivity index (χ0v) is 19.5. The zero-order valence-electron chi connectivity index (χ0n) is 19.5. The summed E-state index contributed by atoms with van der Waals surface area (Å²) < 4.78 is 5.06. The Morgan fingerprint density at radius 3 is 2.17 bits per heavy atom. The van der Waals surface area contributed by atoms with Crippen LogP contribution in [-0.4, -0.2) is 48.4 Å². The van der Waals surface area contributed by atoms with Gasteiger partial charge < -0.3 is 15.0 Å². The van der Waals surface area contributed by atoms with Crippen molar-refractivity contribution < 1.29 is 19.1 Å². The van der Waals surface area contributed by atoms with E-state index in [1.807, 2.05) is 40.7 Å². The van der Waals surface area contributed by atoms with Crippen LogP contribution in [0, 0.1) is 11.3 Å². The molecule has 1 rings (SSSR count). The lowest BCUT2D eigenvalue weighted by atomic mass is 9.85. The first-order chi connectivity index (χ1) is 13.9. The van der Waals surface area contributed by atoms with Gasteiger partial charge >= 0.3 is 5.97 Å². The fourth-order valence-electron chi connectivity index (χ4n) is 3.12. The number of hydrogen-bond acceptors (Lipinski definition) is 4. The maximum Gasteiger partial charge on any atom is 0.333 e. The minimum absolute atomic E-state index is 0.0637. The van der Waals surface area contributed by atoms with Gasteiger partial charge in [-0.1, -0.05) is 58.9 Å². The average molecular weight is 417 g/mol. The van der Waals surface area contributed by atoms with Gasteiger partial charge in [0.05, 0.1) is 12.6 Å². The van der Waals surface area contributed by atoms with Crippen molar-refractivity contribution in [3.8, 4) is 0 Å². The van der Waals surface area contributed by atoms with E-state index in [4.69, 9.17) is 4.74 Å². The zero-order chi connectivity index (χ0) is 23.1. The van der Waals surface area contributed by atoms with E-state index < -0.39 is 17.4 Å². The lowest BCUT2D eigenvalue weighted by Crippen LogP contribution is -2.56. The number of rotatable bonds is 8. The number of carbonyl (C=O) groups excluding carboxylic acids is 3. The largest absolute Gasteiger partial charge is 0.463 e. The van der Waals surface area contributed by atoms with E-state index in [2.05, 4.69) is 5.32 Å². The molecule has 0 bridgehead atoms. The molecule has 0 aliphatic carbocycles. The molecule has 0 saturated carbocycles. The van der Waals surface area contributed by atoms with Crippen molar-refractivity contribution in [3.63, 3.8) is 0 Å². The Bertz CT molecular complexity index is 763. The van der Waals surface area contributed by atoms with Crippen LogP contribution in [0.5, 0.6) is 0 Å². The molecule has 0 heterocycles. The van der Waals surface area contributed by atoms with Crippen LogP contribution < -0.4 is 5.32 Å². The second-order valence-electron chi connectivity index (χ2n) is 8.89. The number of likely N-dealkylation sites (N-methyl/N-ethyl adjacent to an activating group) is 1. The molecule has 1 aromatic carbocycles. The van der Waals surface area contributed by atoms with Gasteiger partial charge in [-0.25, -0.2) is 4.79 Å². The first-order valence-electron chi connectivity index (χ1n) is 10.4. The van der Waals surface area contributed by atoms with E-state index in [0.29, 0.717) is 17.7 Å². The predicted molar refractivity (Wildman–Crippen MR) is 119 cm³/mol. The normalized spacial score (nSPS) is 14.1. The predicted octanol–water partition coefficient (Wildman–Crippen LogP) is 3.82. The third kappa shape index (κ3) is 7.01. The Labute approximate surface area is 180 Å². The maximum absolute atomic E-state index is 13.4. The van der Waals surface area contributed by atoms with Gasteiger partial charge in [0.2, 0.25) is 5.91 Å². The summed E-state index contributed by atoms with van der Waals surface area (Å²) in [6.45, 7) is 13.4. The average Bonchev–Trinajstić information content (AvgIpc) is 2.68. The number of esters is 1. The summed E-state index contributed by atoms with van der Waals surface area (Å²) in [5.74, 6) is -0.836. The quantitative estimate of drug-likeness (QED) is 0.516. The molecule has 2 amide bonds. The Hall–Kier alpha value is -2.63. The Morgan fingerprint density at radius 2 is 1.70 bits per heavy atom. The summed E-state index contributed by atoms with van der Waals surface area (Å²) >= 11 is 0. The highest BCUT2D eigenvalue weighted by Gasteiger charge is 2.37. The van der Waals surface area contributed by atoms with Crippen LogP contribution in [0.4, 0.5) is 0 Å². The van der Waals surface area contributed by atoms with Crippen LogP contribution in [0.15, 0.2) is 42.0 Å². The first kappa shape index (κ1) is 25.4. The lowest BCUT2D eigenvalue weighted by molar-refractivity contribution is -0.139. The van der Waals surface area contributed by atoms with Crippen LogP contribution in [-0.2, 0) is 14.3 Å². The van der Waals surface area contributed by atoms with Gasteiger partial charge in [-0.15, -0.1) is 0 Å². The van der Waals surface area contributed by atoms with E-state index >= 15 is 0 Å². The molecule has 0 aliphatic rings. The number of benzene rings is 1. The molecule has 0 saturated heterocycles. The third-order valence-electron chi connectivity index (χ3n) is 4.92. The van der Waals surface area contributed by atoms with Gasteiger partial charge in [0.15, 0.2) is 0 Å². The molecule has 0 fully saturated rings. The van der Waals surface area contributed by atoms with Crippen LogP contribution in [0.1, 0.15) is 58.8 Å². The SMILES string of the molecule is CCOC(=O)/C(C)=C/[C@H](C(C)C)N(C)C(=O)[C@@H](NC(=O)c1ccccc1)C(C)(C)C. The summed E-state index contributed by atoms with van der Waals surface area (Å²) in [7, 11) is 1.70. The molecule has 1 N–H and O–H groups in total. The number of nitrogens with one attached hydrogen (secondary N) is 1. The van der Waals surface area contributed by atoms with Crippen LogP contribution in [0.2, 0.25) is 0 Å². The molecule has 6 heteroatoms. The molecule has 0 radical (unpaired) electrons. The van der Waals surface area contributed by atoms with Gasteiger partial charge in [-0.3, -0.25) is 9.59 Å². The van der Waals surface area contributed by atoms with Crippen LogP contribution in [0.3, 0.4) is 0 Å². The Kier molecular flexibility index (Phi) is 9.27. The van der Waals surface area contributed by atoms with Gasteiger partial charge in [0, 0.05) is 18.2 Å². The number of amides is 2. The second-order valence-corrected chi connectivity index (χ2v) is 8.89. The standard InChI is InChI=1S/C24H36N2O4/c1-9-30-23(29)17(4)15-19(16(2)3)26(8)22(28)20(24(5,6)7)25-21(27)18-13-11-10-12-14-18/h10-16,19-20H,9H2,1-8H3,(H,25,27)/b17-15+/t19-,20-/m1/s1. The van der Waals surface area contributed by atoms with Gasteiger partial charge in [-0.2, -0.15) is 0 Å².